The molecule has 0 spiro atoms. The standard InChI is InChI=1S/C12H17FN2S/c1-16-12(5-2-6-12)8-15-11-7-9(13)3-4-10(11)14/h3-4,7,15H,2,5-6,8,14H2,1H3. The van der Waals surface area contributed by atoms with Crippen LogP contribution in [0.5, 0.6) is 0 Å². The van der Waals surface area contributed by atoms with Crippen LogP contribution in [0.25, 0.3) is 0 Å². The fourth-order valence-corrected chi connectivity index (χ4v) is 2.88. The third kappa shape index (κ3) is 2.26. The number of nitrogen functional groups attached to an aromatic ring is 1. The van der Waals surface area contributed by atoms with E-state index in [2.05, 4.69) is 11.6 Å². The lowest BCUT2D eigenvalue weighted by atomic mass is 9.84. The monoisotopic (exact) mass is 240 g/mol. The highest BCUT2D eigenvalue weighted by molar-refractivity contribution is 8.00. The Hall–Kier alpha value is -0.900. The lowest BCUT2D eigenvalue weighted by molar-refractivity contribution is 0.380. The molecule has 3 N–H and O–H groups in total. The van der Waals surface area contributed by atoms with E-state index >= 15 is 0 Å². The minimum atomic E-state index is -0.247. The van der Waals surface area contributed by atoms with Crippen molar-refractivity contribution in [2.45, 2.75) is 24.0 Å². The van der Waals surface area contributed by atoms with E-state index in [4.69, 9.17) is 5.73 Å². The van der Waals surface area contributed by atoms with Crippen molar-refractivity contribution in [2.24, 2.45) is 0 Å². The molecule has 1 saturated carbocycles. The SMILES string of the molecule is CSC1(CNc2cc(F)ccc2N)CCC1. The predicted molar refractivity (Wildman–Crippen MR) is 69.4 cm³/mol. The molecule has 0 heterocycles. The quantitative estimate of drug-likeness (QED) is 0.794. The molecule has 4 heteroatoms. The second-order valence-electron chi connectivity index (χ2n) is 4.33. The summed E-state index contributed by atoms with van der Waals surface area (Å²) in [4.78, 5) is 0. The first-order chi connectivity index (χ1) is 7.65. The Kier molecular flexibility index (Phi) is 3.28. The molecule has 0 unspecified atom stereocenters. The van der Waals surface area contributed by atoms with Crippen molar-refractivity contribution >= 4 is 23.1 Å². The first-order valence-corrected chi connectivity index (χ1v) is 6.72. The summed E-state index contributed by atoms with van der Waals surface area (Å²) >= 11 is 1.89. The number of hydrogen-bond acceptors (Lipinski definition) is 3. The van der Waals surface area contributed by atoms with Gasteiger partial charge in [-0.3, -0.25) is 0 Å². The van der Waals surface area contributed by atoms with Crippen LogP contribution in [-0.4, -0.2) is 17.5 Å². The second-order valence-corrected chi connectivity index (χ2v) is 5.60. The lowest BCUT2D eigenvalue weighted by Crippen LogP contribution is -2.40. The Morgan fingerprint density at radius 1 is 1.50 bits per heavy atom. The summed E-state index contributed by atoms with van der Waals surface area (Å²) < 4.78 is 13.4. The Balaban J connectivity index is 2.01. The average molecular weight is 240 g/mol. The van der Waals surface area contributed by atoms with E-state index in [1.165, 1.54) is 31.4 Å². The summed E-state index contributed by atoms with van der Waals surface area (Å²) in [5.41, 5.74) is 7.10. The van der Waals surface area contributed by atoms with Crippen molar-refractivity contribution in [3.63, 3.8) is 0 Å². The molecule has 1 fully saturated rings. The first-order valence-electron chi connectivity index (χ1n) is 5.49. The van der Waals surface area contributed by atoms with Crippen molar-refractivity contribution in [1.29, 1.82) is 0 Å². The highest BCUT2D eigenvalue weighted by Gasteiger charge is 2.35. The molecule has 0 aromatic heterocycles. The summed E-state index contributed by atoms with van der Waals surface area (Å²) in [6.07, 6.45) is 5.89. The number of hydrogen-bond donors (Lipinski definition) is 2. The smallest absolute Gasteiger partial charge is 0.125 e. The van der Waals surface area contributed by atoms with Crippen LogP contribution < -0.4 is 11.1 Å². The van der Waals surface area contributed by atoms with Crippen LogP contribution in [0.2, 0.25) is 0 Å². The zero-order chi connectivity index (χ0) is 11.6. The summed E-state index contributed by atoms with van der Waals surface area (Å²) in [6.45, 7) is 0.863. The number of anilines is 2. The van der Waals surface area contributed by atoms with Crippen molar-refractivity contribution in [1.82, 2.24) is 0 Å². The van der Waals surface area contributed by atoms with Gasteiger partial charge in [0.25, 0.3) is 0 Å². The number of nitrogens with one attached hydrogen (secondary N) is 1. The summed E-state index contributed by atoms with van der Waals surface area (Å²) in [5, 5.41) is 3.26. The molecule has 0 atom stereocenters. The summed E-state index contributed by atoms with van der Waals surface area (Å²) in [5.74, 6) is -0.247. The lowest BCUT2D eigenvalue weighted by Gasteiger charge is -2.40. The van der Waals surface area contributed by atoms with Gasteiger partial charge in [0, 0.05) is 11.3 Å². The average Bonchev–Trinajstić information content (AvgIpc) is 2.22. The Morgan fingerprint density at radius 2 is 2.25 bits per heavy atom. The number of halogens is 1. The minimum Gasteiger partial charge on any atom is -0.397 e. The normalized spacial score (nSPS) is 17.9. The minimum absolute atomic E-state index is 0.247. The highest BCUT2D eigenvalue weighted by Crippen LogP contribution is 2.42. The van der Waals surface area contributed by atoms with Gasteiger partial charge < -0.3 is 11.1 Å². The van der Waals surface area contributed by atoms with Gasteiger partial charge in [-0.1, -0.05) is 6.42 Å². The molecule has 1 aliphatic rings. The maximum absolute atomic E-state index is 13.0. The van der Waals surface area contributed by atoms with Crippen LogP contribution in [0.15, 0.2) is 18.2 Å². The van der Waals surface area contributed by atoms with E-state index in [1.54, 1.807) is 6.07 Å². The topological polar surface area (TPSA) is 38.0 Å². The van der Waals surface area contributed by atoms with Crippen LogP contribution in [0, 0.1) is 5.82 Å². The number of thioether (sulfide) groups is 1. The maximum Gasteiger partial charge on any atom is 0.125 e. The van der Waals surface area contributed by atoms with Gasteiger partial charge in [0.15, 0.2) is 0 Å². The van der Waals surface area contributed by atoms with Crippen molar-refractivity contribution in [3.8, 4) is 0 Å². The van der Waals surface area contributed by atoms with Gasteiger partial charge in [-0.25, -0.2) is 4.39 Å². The van der Waals surface area contributed by atoms with Crippen LogP contribution >= 0.6 is 11.8 Å². The zero-order valence-electron chi connectivity index (χ0n) is 9.42. The van der Waals surface area contributed by atoms with Crippen molar-refractivity contribution in [3.05, 3.63) is 24.0 Å². The Morgan fingerprint density at radius 3 is 2.81 bits per heavy atom. The molecule has 2 rings (SSSR count). The van der Waals surface area contributed by atoms with Gasteiger partial charge in [0.05, 0.1) is 11.4 Å². The van der Waals surface area contributed by atoms with Gasteiger partial charge in [-0.05, 0) is 37.3 Å². The molecule has 1 aromatic rings. The molecule has 0 aliphatic heterocycles. The van der Waals surface area contributed by atoms with Crippen LogP contribution in [-0.2, 0) is 0 Å². The number of rotatable bonds is 4. The molecule has 0 bridgehead atoms. The second kappa shape index (κ2) is 4.53. The van der Waals surface area contributed by atoms with Gasteiger partial charge in [0.2, 0.25) is 0 Å². The predicted octanol–water partition coefficient (Wildman–Crippen LogP) is 3.11. The molecular formula is C12H17FN2S. The molecule has 16 heavy (non-hydrogen) atoms. The fraction of sp³-hybridized carbons (Fsp3) is 0.500. The first kappa shape index (κ1) is 11.6. The molecule has 1 aromatic carbocycles. The molecule has 0 radical (unpaired) electrons. The molecule has 2 nitrogen and oxygen atoms in total. The largest absolute Gasteiger partial charge is 0.397 e. The third-order valence-corrected chi connectivity index (χ3v) is 4.73. The number of nitrogens with two attached hydrogens (primary N) is 1. The van der Waals surface area contributed by atoms with Crippen LogP contribution in [0.3, 0.4) is 0 Å². The van der Waals surface area contributed by atoms with E-state index in [9.17, 15) is 4.39 Å². The summed E-state index contributed by atoms with van der Waals surface area (Å²) in [6, 6.07) is 4.44. The van der Waals surface area contributed by atoms with E-state index in [-0.39, 0.29) is 5.82 Å². The number of benzene rings is 1. The van der Waals surface area contributed by atoms with Crippen molar-refractivity contribution in [2.75, 3.05) is 23.9 Å². The molecule has 0 saturated heterocycles. The van der Waals surface area contributed by atoms with E-state index in [0.717, 1.165) is 6.54 Å². The molecule has 0 amide bonds. The van der Waals surface area contributed by atoms with Crippen LogP contribution in [0.1, 0.15) is 19.3 Å². The fourth-order valence-electron chi connectivity index (χ4n) is 1.96. The van der Waals surface area contributed by atoms with Gasteiger partial charge >= 0.3 is 0 Å². The van der Waals surface area contributed by atoms with Crippen molar-refractivity contribution < 1.29 is 4.39 Å². The third-order valence-electron chi connectivity index (χ3n) is 3.31. The molecular weight excluding hydrogens is 223 g/mol. The van der Waals surface area contributed by atoms with E-state index in [1.807, 2.05) is 11.8 Å². The van der Waals surface area contributed by atoms with E-state index < -0.39 is 0 Å². The van der Waals surface area contributed by atoms with Crippen LogP contribution in [0.4, 0.5) is 15.8 Å². The highest BCUT2D eigenvalue weighted by atomic mass is 32.2. The van der Waals surface area contributed by atoms with Gasteiger partial charge in [-0.15, -0.1) is 0 Å². The zero-order valence-corrected chi connectivity index (χ0v) is 10.2. The Labute approximate surface area is 99.8 Å². The maximum atomic E-state index is 13.0. The van der Waals surface area contributed by atoms with Gasteiger partial charge in [-0.2, -0.15) is 11.8 Å². The summed E-state index contributed by atoms with van der Waals surface area (Å²) in [7, 11) is 0. The van der Waals surface area contributed by atoms with Gasteiger partial charge in [0.1, 0.15) is 5.82 Å². The molecule has 1 aliphatic carbocycles. The van der Waals surface area contributed by atoms with E-state index in [0.29, 0.717) is 16.1 Å². The molecule has 88 valence electrons. The Bertz CT molecular complexity index is 372.